The third-order valence-electron chi connectivity index (χ3n) is 3.07. The van der Waals surface area contributed by atoms with E-state index in [1.165, 1.54) is 5.56 Å². The molecule has 0 fully saturated rings. The van der Waals surface area contributed by atoms with Crippen LogP contribution in [0.5, 0.6) is 11.6 Å². The van der Waals surface area contributed by atoms with E-state index < -0.39 is 0 Å². The van der Waals surface area contributed by atoms with Crippen molar-refractivity contribution in [1.82, 2.24) is 4.98 Å². The summed E-state index contributed by atoms with van der Waals surface area (Å²) in [6, 6.07) is 9.94. The molecule has 0 radical (unpaired) electrons. The maximum atomic E-state index is 5.73. The zero-order valence-electron chi connectivity index (χ0n) is 11.9. The summed E-state index contributed by atoms with van der Waals surface area (Å²) in [4.78, 5) is 4.16. The summed E-state index contributed by atoms with van der Waals surface area (Å²) in [5, 5.41) is 0. The molecule has 0 amide bonds. The Kier molecular flexibility index (Phi) is 3.47. The van der Waals surface area contributed by atoms with Crippen molar-refractivity contribution in [3.63, 3.8) is 0 Å². The van der Waals surface area contributed by atoms with E-state index in [0.717, 1.165) is 11.3 Å². The standard InChI is InChI=1S/C16H20N2O/c1-11-9-15(18-10-14(11)17)19-13-7-5-12(6-8-13)16(2,3)4/h5-10H,17H2,1-4H3. The van der Waals surface area contributed by atoms with Gasteiger partial charge >= 0.3 is 0 Å². The van der Waals surface area contributed by atoms with E-state index >= 15 is 0 Å². The van der Waals surface area contributed by atoms with Crippen LogP contribution in [0.4, 0.5) is 5.69 Å². The van der Waals surface area contributed by atoms with E-state index in [4.69, 9.17) is 10.5 Å². The highest BCUT2D eigenvalue weighted by Crippen LogP contribution is 2.27. The Bertz CT molecular complexity index is 568. The number of benzene rings is 1. The van der Waals surface area contributed by atoms with Gasteiger partial charge in [-0.3, -0.25) is 0 Å². The molecule has 1 aromatic heterocycles. The molecule has 1 heterocycles. The third-order valence-corrected chi connectivity index (χ3v) is 3.07. The van der Waals surface area contributed by atoms with Gasteiger partial charge in [0.25, 0.3) is 0 Å². The minimum absolute atomic E-state index is 0.147. The SMILES string of the molecule is Cc1cc(Oc2ccc(C(C)(C)C)cc2)ncc1N. The van der Waals surface area contributed by atoms with Crippen molar-refractivity contribution < 1.29 is 4.74 Å². The normalized spacial score (nSPS) is 11.4. The molecule has 2 aromatic rings. The van der Waals surface area contributed by atoms with Gasteiger partial charge in [-0.05, 0) is 35.6 Å². The molecule has 3 nitrogen and oxygen atoms in total. The highest BCUT2D eigenvalue weighted by molar-refractivity contribution is 5.46. The van der Waals surface area contributed by atoms with Gasteiger partial charge in [0.1, 0.15) is 5.75 Å². The summed E-state index contributed by atoms with van der Waals surface area (Å²) < 4.78 is 5.72. The molecule has 0 aliphatic heterocycles. The predicted octanol–water partition coefficient (Wildman–Crippen LogP) is 4.06. The van der Waals surface area contributed by atoms with Crippen LogP contribution >= 0.6 is 0 Å². The summed E-state index contributed by atoms with van der Waals surface area (Å²) in [7, 11) is 0. The minimum Gasteiger partial charge on any atom is -0.439 e. The topological polar surface area (TPSA) is 48.1 Å². The van der Waals surface area contributed by atoms with Crippen LogP contribution in [-0.4, -0.2) is 4.98 Å². The van der Waals surface area contributed by atoms with Crippen LogP contribution in [0.1, 0.15) is 31.9 Å². The molecule has 2 N–H and O–H groups in total. The van der Waals surface area contributed by atoms with Crippen molar-refractivity contribution in [3.05, 3.63) is 47.7 Å². The number of aryl methyl sites for hydroxylation is 1. The third kappa shape index (κ3) is 3.25. The minimum atomic E-state index is 0.147. The van der Waals surface area contributed by atoms with Crippen LogP contribution < -0.4 is 10.5 Å². The summed E-state index contributed by atoms with van der Waals surface area (Å²) in [5.74, 6) is 1.35. The number of aromatic nitrogens is 1. The fourth-order valence-electron chi connectivity index (χ4n) is 1.74. The lowest BCUT2D eigenvalue weighted by Gasteiger charge is -2.19. The Morgan fingerprint density at radius 3 is 2.26 bits per heavy atom. The van der Waals surface area contributed by atoms with Gasteiger partial charge in [0.05, 0.1) is 11.9 Å². The smallest absolute Gasteiger partial charge is 0.219 e. The Morgan fingerprint density at radius 1 is 1.11 bits per heavy atom. The van der Waals surface area contributed by atoms with E-state index in [9.17, 15) is 0 Å². The highest BCUT2D eigenvalue weighted by atomic mass is 16.5. The second-order valence-corrected chi connectivity index (χ2v) is 5.76. The monoisotopic (exact) mass is 256 g/mol. The maximum Gasteiger partial charge on any atom is 0.219 e. The molecule has 19 heavy (non-hydrogen) atoms. The zero-order chi connectivity index (χ0) is 14.0. The number of hydrogen-bond donors (Lipinski definition) is 1. The first-order chi connectivity index (χ1) is 8.86. The molecule has 0 aliphatic rings. The Morgan fingerprint density at radius 2 is 1.74 bits per heavy atom. The fraction of sp³-hybridized carbons (Fsp3) is 0.312. The van der Waals surface area contributed by atoms with Gasteiger partial charge in [0, 0.05) is 6.07 Å². The van der Waals surface area contributed by atoms with Crippen LogP contribution in [0, 0.1) is 6.92 Å². The van der Waals surface area contributed by atoms with Gasteiger partial charge in [0.15, 0.2) is 0 Å². The second-order valence-electron chi connectivity index (χ2n) is 5.76. The molecule has 0 saturated heterocycles. The van der Waals surface area contributed by atoms with Gasteiger partial charge in [0.2, 0.25) is 5.88 Å². The van der Waals surface area contributed by atoms with E-state index in [0.29, 0.717) is 11.6 Å². The lowest BCUT2D eigenvalue weighted by Crippen LogP contribution is -2.10. The predicted molar refractivity (Wildman–Crippen MR) is 78.6 cm³/mol. The van der Waals surface area contributed by atoms with Gasteiger partial charge in [-0.25, -0.2) is 4.98 Å². The van der Waals surface area contributed by atoms with Crippen molar-refractivity contribution in [1.29, 1.82) is 0 Å². The van der Waals surface area contributed by atoms with Gasteiger partial charge in [-0.15, -0.1) is 0 Å². The first-order valence-corrected chi connectivity index (χ1v) is 6.37. The van der Waals surface area contributed by atoms with E-state index in [1.807, 2.05) is 25.1 Å². The number of nitrogens with zero attached hydrogens (tertiary/aromatic N) is 1. The summed E-state index contributed by atoms with van der Waals surface area (Å²) in [6.45, 7) is 8.50. The van der Waals surface area contributed by atoms with E-state index in [2.05, 4.69) is 37.9 Å². The number of nitrogens with two attached hydrogens (primary N) is 1. The first kappa shape index (κ1) is 13.4. The average Bonchev–Trinajstić information content (AvgIpc) is 2.33. The Labute approximate surface area is 114 Å². The largest absolute Gasteiger partial charge is 0.439 e. The maximum absolute atomic E-state index is 5.73. The van der Waals surface area contributed by atoms with Crippen LogP contribution in [0.15, 0.2) is 36.5 Å². The van der Waals surface area contributed by atoms with Crippen molar-refractivity contribution in [2.75, 3.05) is 5.73 Å². The second kappa shape index (κ2) is 4.92. The van der Waals surface area contributed by atoms with Crippen LogP contribution in [0.25, 0.3) is 0 Å². The number of nitrogen functional groups attached to an aromatic ring is 1. The molecular weight excluding hydrogens is 236 g/mol. The number of pyridine rings is 1. The van der Waals surface area contributed by atoms with E-state index in [1.54, 1.807) is 6.20 Å². The summed E-state index contributed by atoms with van der Waals surface area (Å²) >= 11 is 0. The van der Waals surface area contributed by atoms with Crippen LogP contribution in [0.2, 0.25) is 0 Å². The number of rotatable bonds is 2. The van der Waals surface area contributed by atoms with Crippen molar-refractivity contribution in [2.24, 2.45) is 0 Å². The molecule has 2 rings (SSSR count). The molecular formula is C16H20N2O. The van der Waals surface area contributed by atoms with Gasteiger partial charge in [-0.2, -0.15) is 0 Å². The lowest BCUT2D eigenvalue weighted by molar-refractivity contribution is 0.462. The molecule has 0 unspecified atom stereocenters. The van der Waals surface area contributed by atoms with Gasteiger partial charge in [-0.1, -0.05) is 32.9 Å². The van der Waals surface area contributed by atoms with E-state index in [-0.39, 0.29) is 5.41 Å². The van der Waals surface area contributed by atoms with Gasteiger partial charge < -0.3 is 10.5 Å². The molecule has 100 valence electrons. The first-order valence-electron chi connectivity index (χ1n) is 6.37. The molecule has 0 atom stereocenters. The molecule has 1 aromatic carbocycles. The van der Waals surface area contributed by atoms with Crippen molar-refractivity contribution in [3.8, 4) is 11.6 Å². The molecule has 0 saturated carbocycles. The van der Waals surface area contributed by atoms with Crippen molar-refractivity contribution >= 4 is 5.69 Å². The Hall–Kier alpha value is -2.03. The number of anilines is 1. The number of hydrogen-bond acceptors (Lipinski definition) is 3. The quantitative estimate of drug-likeness (QED) is 0.881. The van der Waals surface area contributed by atoms with Crippen LogP contribution in [-0.2, 0) is 5.41 Å². The van der Waals surface area contributed by atoms with Crippen LogP contribution in [0.3, 0.4) is 0 Å². The summed E-state index contributed by atoms with van der Waals surface area (Å²) in [6.07, 6.45) is 1.62. The Balaban J connectivity index is 2.17. The zero-order valence-corrected chi connectivity index (χ0v) is 11.9. The lowest BCUT2D eigenvalue weighted by atomic mass is 9.87. The summed E-state index contributed by atoms with van der Waals surface area (Å²) in [5.41, 5.74) is 8.80. The molecule has 3 heteroatoms. The molecule has 0 bridgehead atoms. The average molecular weight is 256 g/mol. The molecule has 0 aliphatic carbocycles. The number of ether oxygens (including phenoxy) is 1. The highest BCUT2D eigenvalue weighted by Gasteiger charge is 2.13. The van der Waals surface area contributed by atoms with Crippen molar-refractivity contribution in [2.45, 2.75) is 33.1 Å². The molecule has 0 spiro atoms. The fourth-order valence-corrected chi connectivity index (χ4v) is 1.74.